The van der Waals surface area contributed by atoms with Crippen molar-refractivity contribution in [2.75, 3.05) is 19.8 Å². The minimum absolute atomic E-state index is 0.00752. The van der Waals surface area contributed by atoms with Gasteiger partial charge in [-0.2, -0.15) is 0 Å². The van der Waals surface area contributed by atoms with E-state index in [1.807, 2.05) is 13.8 Å². The van der Waals surface area contributed by atoms with Gasteiger partial charge >= 0.3 is 0 Å². The fourth-order valence-electron chi connectivity index (χ4n) is 5.08. The quantitative estimate of drug-likeness (QED) is 0.148. The SMILES string of the molecule is CCCCC(CC)(COC(C)CC(C)OC(C)(CC)CC(C)N)COC(C)(CC)CC(C)OCC(C)N. The highest BCUT2D eigenvalue weighted by atomic mass is 16.5. The second kappa shape index (κ2) is 18.2. The monoisotopic (exact) mass is 531 g/mol. The highest BCUT2D eigenvalue weighted by molar-refractivity contribution is 4.84. The van der Waals surface area contributed by atoms with Crippen molar-refractivity contribution in [3.05, 3.63) is 0 Å². The van der Waals surface area contributed by atoms with Crippen LogP contribution in [0, 0.1) is 5.41 Å². The van der Waals surface area contributed by atoms with Gasteiger partial charge in [-0.1, -0.05) is 40.5 Å². The molecular weight excluding hydrogens is 464 g/mol. The van der Waals surface area contributed by atoms with Gasteiger partial charge in [-0.3, -0.25) is 0 Å². The van der Waals surface area contributed by atoms with Crippen molar-refractivity contribution < 1.29 is 18.9 Å². The molecule has 0 bridgehead atoms. The maximum Gasteiger partial charge on any atom is 0.0676 e. The van der Waals surface area contributed by atoms with E-state index in [4.69, 9.17) is 30.4 Å². The first kappa shape index (κ1) is 36.8. The summed E-state index contributed by atoms with van der Waals surface area (Å²) < 4.78 is 25.7. The lowest BCUT2D eigenvalue weighted by molar-refractivity contribution is -0.133. The van der Waals surface area contributed by atoms with Gasteiger partial charge < -0.3 is 30.4 Å². The van der Waals surface area contributed by atoms with E-state index in [1.54, 1.807) is 0 Å². The Hall–Kier alpha value is -0.240. The van der Waals surface area contributed by atoms with E-state index in [9.17, 15) is 0 Å². The van der Waals surface area contributed by atoms with Crippen LogP contribution in [0.2, 0.25) is 0 Å². The Kier molecular flexibility index (Phi) is 18.1. The van der Waals surface area contributed by atoms with Crippen LogP contribution in [-0.4, -0.2) is 61.4 Å². The lowest BCUT2D eigenvalue weighted by atomic mass is 9.81. The van der Waals surface area contributed by atoms with Crippen molar-refractivity contribution in [2.24, 2.45) is 16.9 Å². The first-order valence-corrected chi connectivity index (χ1v) is 15.2. The minimum Gasteiger partial charge on any atom is -0.378 e. The van der Waals surface area contributed by atoms with E-state index in [2.05, 4.69) is 62.3 Å². The highest BCUT2D eigenvalue weighted by Crippen LogP contribution is 2.34. The second-order valence-corrected chi connectivity index (χ2v) is 12.6. The topological polar surface area (TPSA) is 89.0 Å². The lowest BCUT2D eigenvalue weighted by Gasteiger charge is -2.39. The fourth-order valence-corrected chi connectivity index (χ4v) is 5.08. The fraction of sp³-hybridized carbons (Fsp3) is 1.00. The number of rotatable bonds is 23. The Balaban J connectivity index is 5.15. The van der Waals surface area contributed by atoms with E-state index in [1.165, 1.54) is 12.8 Å². The van der Waals surface area contributed by atoms with Gasteiger partial charge in [0.15, 0.2) is 0 Å². The van der Waals surface area contributed by atoms with Crippen molar-refractivity contribution >= 4 is 0 Å². The predicted octanol–water partition coefficient (Wildman–Crippen LogP) is 7.01. The zero-order valence-corrected chi connectivity index (χ0v) is 26.7. The molecule has 0 aromatic carbocycles. The molecule has 0 rings (SSSR count). The summed E-state index contributed by atoms with van der Waals surface area (Å²) in [4.78, 5) is 0. The summed E-state index contributed by atoms with van der Waals surface area (Å²) in [5.41, 5.74) is 11.5. The number of hydrogen-bond donors (Lipinski definition) is 2. The van der Waals surface area contributed by atoms with Gasteiger partial charge in [-0.05, 0) is 87.0 Å². The molecule has 6 heteroatoms. The molecule has 0 aliphatic heterocycles. The van der Waals surface area contributed by atoms with Crippen LogP contribution in [-0.2, 0) is 18.9 Å². The van der Waals surface area contributed by atoms with Crippen molar-refractivity contribution in [3.63, 3.8) is 0 Å². The van der Waals surface area contributed by atoms with Crippen LogP contribution in [0.15, 0.2) is 0 Å². The van der Waals surface area contributed by atoms with E-state index < -0.39 is 0 Å². The van der Waals surface area contributed by atoms with Crippen LogP contribution in [0.1, 0.15) is 134 Å². The number of ether oxygens (including phenoxy) is 4. The molecule has 0 aromatic rings. The molecule has 0 fully saturated rings. The van der Waals surface area contributed by atoms with Crippen LogP contribution in [0.4, 0.5) is 0 Å². The van der Waals surface area contributed by atoms with Gasteiger partial charge in [0.25, 0.3) is 0 Å². The van der Waals surface area contributed by atoms with Gasteiger partial charge in [0.1, 0.15) is 0 Å². The van der Waals surface area contributed by atoms with E-state index in [-0.39, 0.29) is 47.0 Å². The molecule has 37 heavy (non-hydrogen) atoms. The van der Waals surface area contributed by atoms with Gasteiger partial charge in [0.05, 0.1) is 49.3 Å². The minimum atomic E-state index is -0.234. The van der Waals surface area contributed by atoms with Crippen LogP contribution in [0.25, 0.3) is 0 Å². The van der Waals surface area contributed by atoms with Crippen molar-refractivity contribution in [1.82, 2.24) is 0 Å². The third-order valence-corrected chi connectivity index (χ3v) is 7.97. The van der Waals surface area contributed by atoms with Crippen LogP contribution in [0.5, 0.6) is 0 Å². The zero-order valence-electron chi connectivity index (χ0n) is 26.7. The highest BCUT2D eigenvalue weighted by Gasteiger charge is 2.35. The van der Waals surface area contributed by atoms with E-state index >= 15 is 0 Å². The van der Waals surface area contributed by atoms with Gasteiger partial charge in [-0.25, -0.2) is 0 Å². The molecule has 0 aliphatic carbocycles. The van der Waals surface area contributed by atoms with E-state index in [0.29, 0.717) is 19.8 Å². The van der Waals surface area contributed by atoms with Gasteiger partial charge in [0, 0.05) is 23.9 Å². The normalized spacial score (nSPS) is 21.3. The first-order chi connectivity index (χ1) is 17.2. The van der Waals surface area contributed by atoms with Gasteiger partial charge in [0.2, 0.25) is 0 Å². The van der Waals surface area contributed by atoms with Gasteiger partial charge in [-0.15, -0.1) is 0 Å². The molecular formula is C31H66N2O4. The molecule has 0 aliphatic rings. The third kappa shape index (κ3) is 15.8. The maximum absolute atomic E-state index is 6.71. The number of unbranched alkanes of at least 4 members (excludes halogenated alkanes) is 1. The summed E-state index contributed by atoms with van der Waals surface area (Å²) in [6.07, 6.45) is 9.30. The van der Waals surface area contributed by atoms with Crippen LogP contribution in [0.3, 0.4) is 0 Å². The van der Waals surface area contributed by atoms with Crippen LogP contribution >= 0.6 is 0 Å². The summed E-state index contributed by atoms with van der Waals surface area (Å²) >= 11 is 0. The molecule has 0 spiro atoms. The summed E-state index contributed by atoms with van der Waals surface area (Å²) in [6, 6.07) is 0.173. The molecule has 8 atom stereocenters. The summed E-state index contributed by atoms with van der Waals surface area (Å²) in [6.45, 7) is 25.8. The smallest absolute Gasteiger partial charge is 0.0676 e. The Morgan fingerprint density at radius 1 is 0.676 bits per heavy atom. The molecule has 0 heterocycles. The van der Waals surface area contributed by atoms with Crippen molar-refractivity contribution in [1.29, 1.82) is 0 Å². The van der Waals surface area contributed by atoms with Crippen molar-refractivity contribution in [2.45, 2.75) is 176 Å². The number of hydrogen-bond acceptors (Lipinski definition) is 6. The molecule has 4 N–H and O–H groups in total. The average Bonchev–Trinajstić information content (AvgIpc) is 2.82. The predicted molar refractivity (Wildman–Crippen MR) is 158 cm³/mol. The van der Waals surface area contributed by atoms with Crippen molar-refractivity contribution in [3.8, 4) is 0 Å². The molecule has 0 aromatic heterocycles. The molecule has 224 valence electrons. The molecule has 0 amide bonds. The molecule has 6 nitrogen and oxygen atoms in total. The average molecular weight is 531 g/mol. The molecule has 8 unspecified atom stereocenters. The maximum atomic E-state index is 6.71. The largest absolute Gasteiger partial charge is 0.378 e. The summed E-state index contributed by atoms with van der Waals surface area (Å²) in [5.74, 6) is 0. The zero-order chi connectivity index (χ0) is 28.7. The van der Waals surface area contributed by atoms with Crippen LogP contribution < -0.4 is 11.5 Å². The van der Waals surface area contributed by atoms with E-state index in [0.717, 1.165) is 44.9 Å². The number of nitrogens with two attached hydrogens (primary N) is 2. The molecule has 0 saturated heterocycles. The Labute approximate surface area is 231 Å². The summed E-state index contributed by atoms with van der Waals surface area (Å²) in [7, 11) is 0. The molecule has 0 saturated carbocycles. The standard InChI is InChI=1S/C31H66N2O4/c1-12-16-17-31(15-4,23-36-29(10,13-2)20-28(9)34-21-25(6)33)22-35-26(7)18-27(8)37-30(11,14-3)19-24(5)32/h24-28H,12-23,32-33H2,1-11H3. The Morgan fingerprint density at radius 3 is 1.78 bits per heavy atom. The third-order valence-electron chi connectivity index (χ3n) is 7.97. The summed E-state index contributed by atoms with van der Waals surface area (Å²) in [5, 5.41) is 0. The Bertz CT molecular complexity index is 575. The lowest BCUT2D eigenvalue weighted by Crippen LogP contribution is -2.41. The molecule has 0 radical (unpaired) electrons. The first-order valence-electron chi connectivity index (χ1n) is 15.2. The Morgan fingerprint density at radius 2 is 1.30 bits per heavy atom. The second-order valence-electron chi connectivity index (χ2n) is 12.6.